The Morgan fingerprint density at radius 1 is 0.909 bits per heavy atom. The van der Waals surface area contributed by atoms with E-state index < -0.39 is 40.0 Å². The van der Waals surface area contributed by atoms with Crippen molar-refractivity contribution in [3.05, 3.63) is 89.4 Å². The highest BCUT2D eigenvalue weighted by Crippen LogP contribution is 2.57. The van der Waals surface area contributed by atoms with Gasteiger partial charge in [0.2, 0.25) is 10.0 Å². The van der Waals surface area contributed by atoms with Gasteiger partial charge in [0.25, 0.3) is 0 Å². The molecular formula is C24H20ClNO6S. The van der Waals surface area contributed by atoms with Gasteiger partial charge in [0, 0.05) is 10.9 Å². The number of rotatable bonds is 8. The molecule has 9 heteroatoms. The Morgan fingerprint density at radius 2 is 1.45 bits per heavy atom. The monoisotopic (exact) mass is 485 g/mol. The van der Waals surface area contributed by atoms with Crippen LogP contribution in [0.2, 0.25) is 5.02 Å². The van der Waals surface area contributed by atoms with Gasteiger partial charge in [-0.15, -0.1) is 0 Å². The minimum Gasteiger partial charge on any atom is -0.480 e. The Hall–Kier alpha value is -3.20. The van der Waals surface area contributed by atoms with E-state index in [2.05, 4.69) is 0 Å². The highest BCUT2D eigenvalue weighted by Gasteiger charge is 2.68. The maximum absolute atomic E-state index is 13.5. The van der Waals surface area contributed by atoms with Crippen molar-refractivity contribution in [2.75, 3.05) is 6.54 Å². The Morgan fingerprint density at radius 3 is 1.97 bits per heavy atom. The number of sulfonamides is 1. The second kappa shape index (κ2) is 8.62. The summed E-state index contributed by atoms with van der Waals surface area (Å²) in [6, 6.07) is 21.5. The summed E-state index contributed by atoms with van der Waals surface area (Å²) in [5.41, 5.74) is 0.326. The van der Waals surface area contributed by atoms with Crippen molar-refractivity contribution in [1.29, 1.82) is 0 Å². The summed E-state index contributed by atoms with van der Waals surface area (Å²) in [5.74, 6) is -3.46. The van der Waals surface area contributed by atoms with Crippen molar-refractivity contribution < 1.29 is 28.2 Å². The SMILES string of the molecule is O=C(O)CN([C@]1(C(=O)O)C[C@@H]1c1ccccc1)S(=O)(=O)c1ccc(-c2ccc(Cl)cc2)cc1. The Balaban J connectivity index is 1.73. The molecule has 0 aliphatic heterocycles. The van der Waals surface area contributed by atoms with Crippen LogP contribution in [0.15, 0.2) is 83.8 Å². The summed E-state index contributed by atoms with van der Waals surface area (Å²) >= 11 is 5.91. The number of nitrogens with zero attached hydrogens (tertiary/aromatic N) is 1. The van der Waals surface area contributed by atoms with Crippen molar-refractivity contribution in [3.8, 4) is 11.1 Å². The number of halogens is 1. The molecule has 1 fully saturated rings. The zero-order valence-electron chi connectivity index (χ0n) is 17.3. The first kappa shape index (κ1) is 23.0. The average Bonchev–Trinajstić information content (AvgIpc) is 3.55. The molecule has 0 radical (unpaired) electrons. The largest absolute Gasteiger partial charge is 0.480 e. The van der Waals surface area contributed by atoms with Crippen LogP contribution in [0.4, 0.5) is 0 Å². The van der Waals surface area contributed by atoms with Gasteiger partial charge in [-0.2, -0.15) is 4.31 Å². The smallest absolute Gasteiger partial charge is 0.325 e. The molecule has 0 bridgehead atoms. The van der Waals surface area contributed by atoms with E-state index in [0.717, 1.165) is 11.1 Å². The van der Waals surface area contributed by atoms with Crippen LogP contribution >= 0.6 is 11.6 Å². The van der Waals surface area contributed by atoms with Crippen molar-refractivity contribution in [3.63, 3.8) is 0 Å². The summed E-state index contributed by atoms with van der Waals surface area (Å²) in [6.07, 6.45) is -0.0122. The molecule has 7 nitrogen and oxygen atoms in total. The molecule has 3 aromatic carbocycles. The molecule has 1 saturated carbocycles. The van der Waals surface area contributed by atoms with Gasteiger partial charge < -0.3 is 10.2 Å². The van der Waals surface area contributed by atoms with Gasteiger partial charge in [-0.25, -0.2) is 8.42 Å². The van der Waals surface area contributed by atoms with Crippen LogP contribution in [0.1, 0.15) is 17.9 Å². The molecule has 0 saturated heterocycles. The summed E-state index contributed by atoms with van der Waals surface area (Å²) in [4.78, 5) is 23.7. The molecule has 0 amide bonds. The molecule has 0 unspecified atom stereocenters. The van der Waals surface area contributed by atoms with E-state index in [9.17, 15) is 28.2 Å². The summed E-state index contributed by atoms with van der Waals surface area (Å²) in [5, 5.41) is 20.0. The van der Waals surface area contributed by atoms with Gasteiger partial charge in [-0.1, -0.05) is 66.2 Å². The molecule has 4 rings (SSSR count). The lowest BCUT2D eigenvalue weighted by molar-refractivity contribution is -0.145. The van der Waals surface area contributed by atoms with Crippen LogP contribution in [0, 0.1) is 0 Å². The Kier molecular flexibility index (Phi) is 6.00. The molecule has 0 spiro atoms. The number of hydrogen-bond acceptors (Lipinski definition) is 4. The van der Waals surface area contributed by atoms with Gasteiger partial charge in [0.1, 0.15) is 12.1 Å². The third kappa shape index (κ3) is 4.25. The van der Waals surface area contributed by atoms with Crippen LogP contribution in [0.3, 0.4) is 0 Å². The van der Waals surface area contributed by atoms with Gasteiger partial charge in [0.05, 0.1) is 4.90 Å². The van der Waals surface area contributed by atoms with Crippen molar-refractivity contribution in [1.82, 2.24) is 4.31 Å². The van der Waals surface area contributed by atoms with Crippen molar-refractivity contribution >= 4 is 33.6 Å². The second-order valence-corrected chi connectivity index (χ2v) is 10.1. The first-order valence-electron chi connectivity index (χ1n) is 10.1. The molecule has 1 aliphatic carbocycles. The minimum absolute atomic E-state index is 0.0122. The molecule has 2 atom stereocenters. The molecule has 1 aliphatic rings. The molecule has 33 heavy (non-hydrogen) atoms. The third-order valence-corrected chi connectivity index (χ3v) is 8.00. The van der Waals surface area contributed by atoms with E-state index in [4.69, 9.17) is 11.6 Å². The van der Waals surface area contributed by atoms with E-state index in [-0.39, 0.29) is 11.3 Å². The fraction of sp³-hybridized carbons (Fsp3) is 0.167. The molecule has 0 aromatic heterocycles. The standard InChI is InChI=1S/C24H20ClNO6S/c25-19-10-6-16(7-11-19)17-8-12-20(13-9-17)33(31,32)26(15-22(27)28)24(23(29)30)14-21(24)18-4-2-1-3-5-18/h1-13,21H,14-15H2,(H,27,28)(H,29,30)/t21-,24-/m1/s1. The number of carboxylic acids is 2. The first-order chi connectivity index (χ1) is 15.7. The zero-order chi connectivity index (χ0) is 23.8. The Bertz CT molecular complexity index is 1290. The lowest BCUT2D eigenvalue weighted by Gasteiger charge is -2.28. The van der Waals surface area contributed by atoms with Crippen LogP contribution in [-0.2, 0) is 19.6 Å². The summed E-state index contributed by atoms with van der Waals surface area (Å²) in [7, 11) is -4.43. The van der Waals surface area contributed by atoms with Crippen molar-refractivity contribution in [2.24, 2.45) is 0 Å². The molecule has 0 heterocycles. The molecular weight excluding hydrogens is 466 g/mol. The molecule has 170 valence electrons. The van der Waals surface area contributed by atoms with Gasteiger partial charge >= 0.3 is 11.9 Å². The number of benzene rings is 3. The van der Waals surface area contributed by atoms with Gasteiger partial charge in [0.15, 0.2) is 0 Å². The van der Waals surface area contributed by atoms with E-state index in [1.165, 1.54) is 12.1 Å². The third-order valence-electron chi connectivity index (χ3n) is 5.85. The van der Waals surface area contributed by atoms with E-state index in [1.807, 2.05) is 0 Å². The normalized spacial score (nSPS) is 19.9. The predicted molar refractivity (Wildman–Crippen MR) is 123 cm³/mol. The lowest BCUT2D eigenvalue weighted by atomic mass is 10.1. The van der Waals surface area contributed by atoms with Crippen LogP contribution in [0.25, 0.3) is 11.1 Å². The maximum Gasteiger partial charge on any atom is 0.325 e. The van der Waals surface area contributed by atoms with Gasteiger partial charge in [-0.3, -0.25) is 9.59 Å². The number of aliphatic carboxylic acids is 2. The maximum atomic E-state index is 13.5. The fourth-order valence-corrected chi connectivity index (χ4v) is 5.95. The summed E-state index contributed by atoms with van der Waals surface area (Å²) < 4.78 is 27.6. The van der Waals surface area contributed by atoms with Crippen LogP contribution in [-0.4, -0.2) is 47.0 Å². The van der Waals surface area contributed by atoms with Gasteiger partial charge in [-0.05, 0) is 47.4 Å². The van der Waals surface area contributed by atoms with E-state index in [0.29, 0.717) is 14.9 Å². The molecule has 2 N–H and O–H groups in total. The highest BCUT2D eigenvalue weighted by atomic mass is 35.5. The second-order valence-electron chi connectivity index (χ2n) is 7.83. The lowest BCUT2D eigenvalue weighted by Crippen LogP contribution is -2.50. The quantitative estimate of drug-likeness (QED) is 0.497. The van der Waals surface area contributed by atoms with Crippen LogP contribution in [0.5, 0.6) is 0 Å². The number of hydrogen-bond donors (Lipinski definition) is 2. The number of carboxylic acid groups (broad SMARTS) is 2. The van der Waals surface area contributed by atoms with E-state index in [1.54, 1.807) is 66.7 Å². The van der Waals surface area contributed by atoms with Crippen molar-refractivity contribution in [2.45, 2.75) is 22.8 Å². The molecule has 3 aromatic rings. The predicted octanol–water partition coefficient (Wildman–Crippen LogP) is 4.09. The zero-order valence-corrected chi connectivity index (χ0v) is 18.8. The Labute approximate surface area is 195 Å². The topological polar surface area (TPSA) is 112 Å². The minimum atomic E-state index is -4.43. The van der Waals surface area contributed by atoms with Crippen LogP contribution < -0.4 is 0 Å². The first-order valence-corrected chi connectivity index (χ1v) is 11.9. The summed E-state index contributed by atoms with van der Waals surface area (Å²) in [6.45, 7) is -0.961. The number of carbonyl (C=O) groups is 2. The highest BCUT2D eigenvalue weighted by molar-refractivity contribution is 7.89. The van der Waals surface area contributed by atoms with E-state index >= 15 is 0 Å². The fourth-order valence-electron chi connectivity index (χ4n) is 4.10. The average molecular weight is 486 g/mol.